The van der Waals surface area contributed by atoms with Crippen LogP contribution in [0.4, 0.5) is 0 Å². The molecule has 2 aromatic heterocycles. The molecule has 2 aliphatic heterocycles. The van der Waals surface area contributed by atoms with E-state index in [0.717, 1.165) is 34.0 Å². The molecule has 0 saturated carbocycles. The number of methoxy groups -OCH3 is 2. The standard InChI is InChI=1S/C15H18N4O3.C10H10N2O2.C5H10N2O2/c1-21-13-5-3-2-4-11(13)12-6-15(19-18-12)22-9-10-7-16-8-14(20)17-10;1-14-9-5-3-2-4-7(9)8-6-10(13)12-11-8;8-3-4-1-6-2-5(9)7-4/h2-6,10,16H,7-9H2,1H3,(H,17,20)(H,18,19);2-6H,1H3,(H2,11,12,13);4,6,8H,1-3H2,(H,7,9). The molecule has 0 aliphatic carbocycles. The van der Waals surface area contributed by atoms with Crippen molar-refractivity contribution in [3.8, 4) is 39.9 Å². The van der Waals surface area contributed by atoms with E-state index in [4.69, 9.17) is 19.3 Å². The number of carbonyl (C=O) groups excluding carboxylic acids is 2. The van der Waals surface area contributed by atoms with Crippen LogP contribution in [0, 0.1) is 0 Å². The number of aliphatic hydroxyl groups is 1. The Morgan fingerprint density at radius 1 is 0.778 bits per heavy atom. The average molecular weight is 623 g/mol. The number of rotatable bonds is 8. The molecule has 15 heteroatoms. The topological polar surface area (TPSA) is 208 Å². The number of aliphatic hydroxyl groups excluding tert-OH is 1. The van der Waals surface area contributed by atoms with E-state index in [-0.39, 0.29) is 36.1 Å². The fourth-order valence-corrected chi connectivity index (χ4v) is 4.50. The maximum atomic E-state index is 11.3. The molecule has 0 bridgehead atoms. The third-order valence-corrected chi connectivity index (χ3v) is 6.68. The summed E-state index contributed by atoms with van der Waals surface area (Å²) in [5, 5.41) is 32.3. The lowest BCUT2D eigenvalue weighted by atomic mass is 10.1. The van der Waals surface area contributed by atoms with Gasteiger partial charge < -0.3 is 40.6 Å². The van der Waals surface area contributed by atoms with E-state index >= 15 is 0 Å². The summed E-state index contributed by atoms with van der Waals surface area (Å²) < 4.78 is 16.1. The molecule has 2 atom stereocenters. The Balaban J connectivity index is 0.000000171. The summed E-state index contributed by atoms with van der Waals surface area (Å²) >= 11 is 0. The van der Waals surface area contributed by atoms with Crippen molar-refractivity contribution in [2.24, 2.45) is 0 Å². The van der Waals surface area contributed by atoms with Gasteiger partial charge in [0.15, 0.2) is 0 Å². The molecule has 2 unspecified atom stereocenters. The number of hydrogen-bond acceptors (Lipinski definition) is 10. The number of H-pyrrole nitrogens is 3. The highest BCUT2D eigenvalue weighted by atomic mass is 16.5. The number of ether oxygens (including phenoxy) is 3. The number of para-hydroxylation sites is 2. The van der Waals surface area contributed by atoms with Crippen molar-refractivity contribution in [2.75, 3.05) is 53.6 Å². The second-order valence-corrected chi connectivity index (χ2v) is 9.98. The molecular weight excluding hydrogens is 584 g/mol. The Morgan fingerprint density at radius 3 is 1.89 bits per heavy atom. The van der Waals surface area contributed by atoms with Crippen LogP contribution in [0.5, 0.6) is 17.4 Å². The van der Waals surface area contributed by atoms with E-state index in [2.05, 4.69) is 41.7 Å². The number of carbonyl (C=O) groups is 2. The molecule has 0 radical (unpaired) electrons. The summed E-state index contributed by atoms with van der Waals surface area (Å²) in [6.45, 7) is 2.47. The highest BCUT2D eigenvalue weighted by Gasteiger charge is 2.19. The molecule has 8 N–H and O–H groups in total. The molecule has 2 aliphatic rings. The molecule has 6 rings (SSSR count). The Labute approximate surface area is 259 Å². The van der Waals surface area contributed by atoms with Gasteiger partial charge in [-0.25, -0.2) is 0 Å². The van der Waals surface area contributed by atoms with Gasteiger partial charge in [-0.2, -0.15) is 0 Å². The molecule has 2 amide bonds. The number of aromatic nitrogens is 4. The molecule has 4 aromatic rings. The number of nitrogens with one attached hydrogen (secondary N) is 7. The fraction of sp³-hybridized carbons (Fsp3) is 0.333. The van der Waals surface area contributed by atoms with Crippen LogP contribution < -0.4 is 41.0 Å². The molecule has 0 spiro atoms. The smallest absolute Gasteiger partial charge is 0.264 e. The lowest BCUT2D eigenvalue weighted by Gasteiger charge is -2.23. The minimum atomic E-state index is -0.147. The van der Waals surface area contributed by atoms with Crippen LogP contribution >= 0.6 is 0 Å². The van der Waals surface area contributed by atoms with Gasteiger partial charge in [-0.15, -0.1) is 5.10 Å². The van der Waals surface area contributed by atoms with Crippen molar-refractivity contribution < 1.29 is 28.9 Å². The first-order chi connectivity index (χ1) is 21.9. The minimum absolute atomic E-state index is 0.0126. The van der Waals surface area contributed by atoms with Crippen molar-refractivity contribution >= 4 is 11.8 Å². The van der Waals surface area contributed by atoms with Crippen LogP contribution in [0.25, 0.3) is 22.5 Å². The lowest BCUT2D eigenvalue weighted by molar-refractivity contribution is -0.123. The SMILES string of the molecule is COc1ccccc1-c1cc(=O)[nH][nH]1.COc1ccccc1-c1cc(OCC2CNCC(=O)N2)n[nH]1.O=C1CNCC(CO)N1. The van der Waals surface area contributed by atoms with E-state index in [0.29, 0.717) is 38.7 Å². The third-order valence-electron chi connectivity index (χ3n) is 6.68. The van der Waals surface area contributed by atoms with Gasteiger partial charge in [0, 0.05) is 36.3 Å². The van der Waals surface area contributed by atoms with Crippen LogP contribution in [-0.2, 0) is 9.59 Å². The van der Waals surface area contributed by atoms with E-state index in [1.807, 2.05) is 54.6 Å². The van der Waals surface area contributed by atoms with Crippen molar-refractivity contribution in [1.29, 1.82) is 0 Å². The van der Waals surface area contributed by atoms with Gasteiger partial charge in [0.2, 0.25) is 17.7 Å². The van der Waals surface area contributed by atoms with Gasteiger partial charge in [0.25, 0.3) is 5.56 Å². The van der Waals surface area contributed by atoms with Crippen LogP contribution in [0.1, 0.15) is 0 Å². The average Bonchev–Trinajstić information content (AvgIpc) is 3.73. The fourth-order valence-electron chi connectivity index (χ4n) is 4.50. The Hall–Kier alpha value is -5.12. The zero-order valence-electron chi connectivity index (χ0n) is 25.0. The number of nitrogens with zero attached hydrogens (tertiary/aromatic N) is 1. The van der Waals surface area contributed by atoms with Gasteiger partial charge in [0.1, 0.15) is 18.1 Å². The molecule has 45 heavy (non-hydrogen) atoms. The van der Waals surface area contributed by atoms with Crippen molar-refractivity contribution in [3.05, 3.63) is 71.0 Å². The summed E-state index contributed by atoms with van der Waals surface area (Å²) in [6.07, 6.45) is 0. The first kappa shape index (κ1) is 32.8. The number of aromatic amines is 3. The maximum Gasteiger partial charge on any atom is 0.264 e. The first-order valence-electron chi connectivity index (χ1n) is 14.2. The summed E-state index contributed by atoms with van der Waals surface area (Å²) in [7, 11) is 3.23. The molecule has 2 saturated heterocycles. The number of amides is 2. The molecule has 240 valence electrons. The predicted molar refractivity (Wildman–Crippen MR) is 166 cm³/mol. The normalized spacial score (nSPS) is 17.4. The zero-order chi connectivity index (χ0) is 32.0. The van der Waals surface area contributed by atoms with E-state index in [9.17, 15) is 14.4 Å². The summed E-state index contributed by atoms with van der Waals surface area (Å²) in [5.41, 5.74) is 3.19. The molecule has 15 nitrogen and oxygen atoms in total. The van der Waals surface area contributed by atoms with E-state index in [1.54, 1.807) is 14.2 Å². The van der Waals surface area contributed by atoms with E-state index < -0.39 is 0 Å². The predicted octanol–water partition coefficient (Wildman–Crippen LogP) is -0.00260. The number of benzene rings is 2. The lowest BCUT2D eigenvalue weighted by Crippen LogP contribution is -2.54. The quantitative estimate of drug-likeness (QED) is 0.132. The molecular formula is C30H38N8O7. The highest BCUT2D eigenvalue weighted by Crippen LogP contribution is 2.30. The summed E-state index contributed by atoms with van der Waals surface area (Å²) in [5.74, 6) is 1.93. The van der Waals surface area contributed by atoms with Crippen LogP contribution in [0.2, 0.25) is 0 Å². The number of piperazine rings is 2. The second-order valence-electron chi connectivity index (χ2n) is 9.98. The summed E-state index contributed by atoms with van der Waals surface area (Å²) in [6, 6.07) is 18.4. The van der Waals surface area contributed by atoms with Gasteiger partial charge in [-0.1, -0.05) is 24.3 Å². The Morgan fingerprint density at radius 2 is 1.36 bits per heavy atom. The van der Waals surface area contributed by atoms with Gasteiger partial charge in [-0.3, -0.25) is 29.7 Å². The molecule has 2 fully saturated rings. The minimum Gasteiger partial charge on any atom is -0.496 e. The van der Waals surface area contributed by atoms with Gasteiger partial charge >= 0.3 is 0 Å². The Kier molecular flexibility index (Phi) is 12.1. The van der Waals surface area contributed by atoms with Crippen molar-refractivity contribution in [2.45, 2.75) is 12.1 Å². The number of hydrogen-bond donors (Lipinski definition) is 8. The van der Waals surface area contributed by atoms with Gasteiger partial charge in [-0.05, 0) is 24.3 Å². The van der Waals surface area contributed by atoms with Crippen molar-refractivity contribution in [1.82, 2.24) is 41.7 Å². The molecule has 2 aromatic carbocycles. The van der Waals surface area contributed by atoms with Crippen LogP contribution in [0.3, 0.4) is 0 Å². The maximum absolute atomic E-state index is 11.3. The Bertz CT molecular complexity index is 1580. The van der Waals surface area contributed by atoms with E-state index in [1.165, 1.54) is 6.07 Å². The summed E-state index contributed by atoms with van der Waals surface area (Å²) in [4.78, 5) is 32.8. The zero-order valence-corrected chi connectivity index (χ0v) is 25.0. The van der Waals surface area contributed by atoms with Crippen molar-refractivity contribution in [3.63, 3.8) is 0 Å². The molecule has 4 heterocycles. The van der Waals surface area contributed by atoms with Gasteiger partial charge in [0.05, 0.1) is 57.4 Å². The second kappa shape index (κ2) is 16.7. The van der Waals surface area contributed by atoms with Crippen LogP contribution in [-0.4, -0.2) is 103 Å². The first-order valence-corrected chi connectivity index (χ1v) is 14.2. The third kappa shape index (κ3) is 9.69. The monoisotopic (exact) mass is 622 g/mol. The largest absolute Gasteiger partial charge is 0.496 e. The van der Waals surface area contributed by atoms with Crippen LogP contribution in [0.15, 0.2) is 65.5 Å². The highest BCUT2D eigenvalue weighted by molar-refractivity contribution is 5.79.